The van der Waals surface area contributed by atoms with Crippen molar-refractivity contribution in [2.24, 2.45) is 0 Å². The molecule has 0 unspecified atom stereocenters. The van der Waals surface area contributed by atoms with Gasteiger partial charge in [-0.25, -0.2) is 0 Å². The summed E-state index contributed by atoms with van der Waals surface area (Å²) in [5.74, 6) is 0.322. The number of hydrogen-bond donors (Lipinski definition) is 1. The van der Waals surface area contributed by atoms with Gasteiger partial charge in [0.2, 0.25) is 0 Å². The second kappa shape index (κ2) is 5.81. The fourth-order valence-corrected chi connectivity index (χ4v) is 0.986. The van der Waals surface area contributed by atoms with E-state index < -0.39 is 0 Å². The average molecular weight is 186 g/mol. The van der Waals surface area contributed by atoms with Crippen LogP contribution in [0.1, 0.15) is 6.42 Å². The van der Waals surface area contributed by atoms with Gasteiger partial charge < -0.3 is 5.11 Å². The standard InChI is InChI=1S/C7H8.C6H6O/c1-7-5-3-2-4-6-7;7-6-4-2-1-3-5-6/h2-5H,1,6H2;1-5,7H. The third kappa shape index (κ3) is 4.31. The van der Waals surface area contributed by atoms with Crippen LogP contribution in [0, 0.1) is 0 Å². The molecule has 1 aromatic rings. The summed E-state index contributed by atoms with van der Waals surface area (Å²) in [5.41, 5.74) is 1.20. The molecule has 1 heteroatoms. The number of hydrogen-bond acceptors (Lipinski definition) is 1. The summed E-state index contributed by atoms with van der Waals surface area (Å²) < 4.78 is 0. The predicted molar refractivity (Wildman–Crippen MR) is 60.1 cm³/mol. The highest BCUT2D eigenvalue weighted by Crippen LogP contribution is 2.05. The minimum atomic E-state index is 0.322. The maximum absolute atomic E-state index is 8.63. The molecule has 1 aliphatic carbocycles. The van der Waals surface area contributed by atoms with Gasteiger partial charge in [-0.1, -0.05) is 54.7 Å². The van der Waals surface area contributed by atoms with Crippen molar-refractivity contribution in [1.29, 1.82) is 0 Å². The molecule has 0 aromatic heterocycles. The van der Waals surface area contributed by atoms with Crippen LogP contribution in [0.2, 0.25) is 0 Å². The lowest BCUT2D eigenvalue weighted by Crippen LogP contribution is -1.74. The summed E-state index contributed by atoms with van der Waals surface area (Å²) >= 11 is 0. The zero-order valence-electron chi connectivity index (χ0n) is 8.06. The molecule has 72 valence electrons. The number of phenolic OH excluding ortho intramolecular Hbond substituents is 1. The van der Waals surface area contributed by atoms with Gasteiger partial charge in [-0.2, -0.15) is 0 Å². The largest absolute Gasteiger partial charge is 0.508 e. The molecule has 0 amide bonds. The van der Waals surface area contributed by atoms with Gasteiger partial charge in [-0.15, -0.1) is 0 Å². The molecule has 0 aliphatic heterocycles. The van der Waals surface area contributed by atoms with Gasteiger partial charge in [-0.05, 0) is 18.6 Å². The molecule has 0 atom stereocenters. The monoisotopic (exact) mass is 186 g/mol. The summed E-state index contributed by atoms with van der Waals surface area (Å²) in [6.07, 6.45) is 9.19. The van der Waals surface area contributed by atoms with E-state index in [-0.39, 0.29) is 0 Å². The Labute approximate surface area is 84.7 Å². The van der Waals surface area contributed by atoms with Crippen LogP contribution in [-0.2, 0) is 0 Å². The molecule has 1 aliphatic rings. The number of aromatic hydroxyl groups is 1. The number of allylic oxidation sites excluding steroid dienone is 5. The van der Waals surface area contributed by atoms with E-state index in [4.69, 9.17) is 5.11 Å². The van der Waals surface area contributed by atoms with Gasteiger partial charge in [0.25, 0.3) is 0 Å². The molecule has 0 heterocycles. The topological polar surface area (TPSA) is 20.2 Å². The third-order valence-corrected chi connectivity index (χ3v) is 1.72. The smallest absolute Gasteiger partial charge is 0.115 e. The Balaban J connectivity index is 0.000000140. The first-order valence-electron chi connectivity index (χ1n) is 4.54. The van der Waals surface area contributed by atoms with E-state index in [9.17, 15) is 0 Å². The molecule has 1 nitrogen and oxygen atoms in total. The van der Waals surface area contributed by atoms with Crippen LogP contribution in [0.4, 0.5) is 0 Å². The van der Waals surface area contributed by atoms with Gasteiger partial charge in [0.15, 0.2) is 0 Å². The van der Waals surface area contributed by atoms with E-state index in [0.717, 1.165) is 6.42 Å². The summed E-state index contributed by atoms with van der Waals surface area (Å²) in [7, 11) is 0. The Morgan fingerprint density at radius 1 is 1.07 bits per heavy atom. The van der Waals surface area contributed by atoms with Gasteiger partial charge >= 0.3 is 0 Å². The van der Waals surface area contributed by atoms with E-state index in [1.165, 1.54) is 5.57 Å². The highest BCUT2D eigenvalue weighted by Gasteiger charge is 1.84. The Bertz CT molecular complexity index is 334. The molecule has 0 saturated heterocycles. The Morgan fingerprint density at radius 3 is 2.07 bits per heavy atom. The van der Waals surface area contributed by atoms with E-state index in [1.54, 1.807) is 24.3 Å². The van der Waals surface area contributed by atoms with Crippen molar-refractivity contribution in [3.63, 3.8) is 0 Å². The predicted octanol–water partition coefficient (Wildman–Crippen LogP) is 3.45. The first kappa shape index (κ1) is 10.3. The number of para-hydroxylation sites is 1. The van der Waals surface area contributed by atoms with Gasteiger partial charge in [0.1, 0.15) is 5.75 Å². The first-order chi connectivity index (χ1) is 6.79. The molecule has 0 bridgehead atoms. The van der Waals surface area contributed by atoms with Crippen LogP contribution < -0.4 is 0 Å². The molecule has 1 aromatic carbocycles. The maximum Gasteiger partial charge on any atom is 0.115 e. The molecule has 0 fully saturated rings. The molecule has 14 heavy (non-hydrogen) atoms. The fourth-order valence-electron chi connectivity index (χ4n) is 0.986. The first-order valence-corrected chi connectivity index (χ1v) is 4.54. The van der Waals surface area contributed by atoms with E-state index in [1.807, 2.05) is 24.3 Å². The molecular weight excluding hydrogens is 172 g/mol. The fraction of sp³-hybridized carbons (Fsp3) is 0.0769. The SMILES string of the molecule is C=C1C=CC=CC1.Oc1ccccc1. The Morgan fingerprint density at radius 2 is 1.79 bits per heavy atom. The molecular formula is C13H14O. The highest BCUT2D eigenvalue weighted by atomic mass is 16.3. The summed E-state index contributed by atoms with van der Waals surface area (Å²) in [6, 6.07) is 8.71. The quantitative estimate of drug-likeness (QED) is 0.658. The van der Waals surface area contributed by atoms with E-state index in [2.05, 4.69) is 12.7 Å². The van der Waals surface area contributed by atoms with Crippen molar-refractivity contribution in [2.75, 3.05) is 0 Å². The normalized spacial score (nSPS) is 13.3. The number of benzene rings is 1. The van der Waals surface area contributed by atoms with Crippen LogP contribution in [0.15, 0.2) is 66.8 Å². The summed E-state index contributed by atoms with van der Waals surface area (Å²) in [4.78, 5) is 0. The summed E-state index contributed by atoms with van der Waals surface area (Å²) in [6.45, 7) is 3.78. The van der Waals surface area contributed by atoms with Crippen molar-refractivity contribution in [2.45, 2.75) is 6.42 Å². The number of phenols is 1. The third-order valence-electron chi connectivity index (χ3n) is 1.72. The second-order valence-electron chi connectivity index (χ2n) is 2.99. The highest BCUT2D eigenvalue weighted by molar-refractivity contribution is 5.26. The van der Waals surface area contributed by atoms with Crippen molar-refractivity contribution < 1.29 is 5.11 Å². The lowest BCUT2D eigenvalue weighted by atomic mass is 10.1. The van der Waals surface area contributed by atoms with E-state index in [0.29, 0.717) is 5.75 Å². The van der Waals surface area contributed by atoms with Crippen molar-refractivity contribution in [3.8, 4) is 5.75 Å². The Hall–Kier alpha value is -1.76. The molecule has 1 N–H and O–H groups in total. The molecule has 0 saturated carbocycles. The van der Waals surface area contributed by atoms with Crippen LogP contribution in [0.5, 0.6) is 5.75 Å². The minimum absolute atomic E-state index is 0.322. The zero-order chi connectivity index (χ0) is 10.2. The second-order valence-corrected chi connectivity index (χ2v) is 2.99. The number of rotatable bonds is 0. The van der Waals surface area contributed by atoms with Crippen molar-refractivity contribution >= 4 is 0 Å². The lowest BCUT2D eigenvalue weighted by Gasteiger charge is -1.94. The van der Waals surface area contributed by atoms with Gasteiger partial charge in [0, 0.05) is 0 Å². The van der Waals surface area contributed by atoms with Crippen LogP contribution >= 0.6 is 0 Å². The average Bonchev–Trinajstić information content (AvgIpc) is 2.21. The van der Waals surface area contributed by atoms with Crippen molar-refractivity contribution in [1.82, 2.24) is 0 Å². The van der Waals surface area contributed by atoms with Crippen LogP contribution in [0.3, 0.4) is 0 Å². The maximum atomic E-state index is 8.63. The summed E-state index contributed by atoms with van der Waals surface area (Å²) in [5, 5.41) is 8.63. The molecule has 0 radical (unpaired) electrons. The van der Waals surface area contributed by atoms with Crippen LogP contribution in [-0.4, -0.2) is 5.11 Å². The zero-order valence-corrected chi connectivity index (χ0v) is 8.06. The molecule has 2 rings (SSSR count). The van der Waals surface area contributed by atoms with Gasteiger partial charge in [-0.3, -0.25) is 0 Å². The minimum Gasteiger partial charge on any atom is -0.508 e. The molecule has 0 spiro atoms. The lowest BCUT2D eigenvalue weighted by molar-refractivity contribution is 0.475. The van der Waals surface area contributed by atoms with Gasteiger partial charge in [0.05, 0.1) is 0 Å². The Kier molecular flexibility index (Phi) is 4.29. The van der Waals surface area contributed by atoms with E-state index >= 15 is 0 Å². The van der Waals surface area contributed by atoms with Crippen molar-refractivity contribution in [3.05, 3.63) is 66.8 Å². The van der Waals surface area contributed by atoms with Crippen LogP contribution in [0.25, 0.3) is 0 Å².